The molecule has 212 valence electrons. The lowest BCUT2D eigenvalue weighted by atomic mass is 9.92. The summed E-state index contributed by atoms with van der Waals surface area (Å²) >= 11 is 0. The molecule has 6 rings (SSSR count). The van der Waals surface area contributed by atoms with Gasteiger partial charge in [0.25, 0.3) is 5.91 Å². The fraction of sp³-hybridized carbons (Fsp3) is 0.364. The lowest BCUT2D eigenvalue weighted by Crippen LogP contribution is -2.64. The highest BCUT2D eigenvalue weighted by Crippen LogP contribution is 2.44. The first-order valence-corrected chi connectivity index (χ1v) is 14.4. The molecule has 3 aromatic rings. The highest BCUT2D eigenvalue weighted by Gasteiger charge is 2.50. The van der Waals surface area contributed by atoms with E-state index < -0.39 is 23.6 Å². The van der Waals surface area contributed by atoms with Crippen molar-refractivity contribution in [3.63, 3.8) is 0 Å². The standard InChI is InChI=1S/C33H35N3O5/c37-30(38)29-16-8-9-18-36(29)31(39)33(17-19-35(22-33)20-23-10-2-1-3-11-23)34-32(40)41-21-28-26-14-6-4-12-24(26)25-13-5-7-15-27(25)28/h1-7,10-15,28-29H,8-9,16-22H2,(H,34,40)(H,37,38). The number of carboxylic acids is 1. The molecular weight excluding hydrogens is 518 g/mol. The number of alkyl carbamates (subject to hydrolysis) is 1. The minimum absolute atomic E-state index is 0.101. The van der Waals surface area contributed by atoms with Crippen molar-refractivity contribution >= 4 is 18.0 Å². The quantitative estimate of drug-likeness (QED) is 0.443. The fourth-order valence-corrected chi connectivity index (χ4v) is 6.73. The molecule has 2 saturated heterocycles. The number of rotatable bonds is 7. The van der Waals surface area contributed by atoms with E-state index in [0.29, 0.717) is 32.5 Å². The highest BCUT2D eigenvalue weighted by atomic mass is 16.5. The Kier molecular flexibility index (Phi) is 7.49. The van der Waals surface area contributed by atoms with Gasteiger partial charge < -0.3 is 20.1 Å². The summed E-state index contributed by atoms with van der Waals surface area (Å²) in [5.41, 5.74) is 4.35. The molecule has 3 aliphatic rings. The molecule has 2 fully saturated rings. The van der Waals surface area contributed by atoms with E-state index in [1.54, 1.807) is 0 Å². The number of carbonyl (C=O) groups excluding carboxylic acids is 2. The Hall–Kier alpha value is -4.17. The van der Waals surface area contributed by atoms with E-state index in [1.165, 1.54) is 4.90 Å². The first kappa shape index (κ1) is 27.0. The monoisotopic (exact) mass is 553 g/mol. The van der Waals surface area contributed by atoms with Crippen molar-refractivity contribution in [1.29, 1.82) is 0 Å². The number of nitrogens with zero attached hydrogens (tertiary/aromatic N) is 2. The lowest BCUT2D eigenvalue weighted by Gasteiger charge is -2.39. The molecule has 1 aliphatic carbocycles. The Balaban J connectivity index is 1.21. The predicted molar refractivity (Wildman–Crippen MR) is 154 cm³/mol. The maximum Gasteiger partial charge on any atom is 0.408 e. The van der Waals surface area contributed by atoms with Gasteiger partial charge in [0.1, 0.15) is 18.2 Å². The van der Waals surface area contributed by atoms with Gasteiger partial charge in [0.2, 0.25) is 0 Å². The van der Waals surface area contributed by atoms with Crippen LogP contribution in [0.2, 0.25) is 0 Å². The molecule has 0 saturated carbocycles. The van der Waals surface area contributed by atoms with E-state index in [2.05, 4.69) is 34.5 Å². The van der Waals surface area contributed by atoms with Crippen molar-refractivity contribution in [2.45, 2.75) is 49.7 Å². The first-order valence-electron chi connectivity index (χ1n) is 14.4. The van der Waals surface area contributed by atoms with Crippen molar-refractivity contribution in [3.05, 3.63) is 95.6 Å². The number of likely N-dealkylation sites (tertiary alicyclic amines) is 2. The number of nitrogens with one attached hydrogen (secondary N) is 1. The van der Waals surface area contributed by atoms with Gasteiger partial charge in [0.05, 0.1) is 0 Å². The van der Waals surface area contributed by atoms with Crippen LogP contribution in [-0.4, -0.2) is 70.7 Å². The molecule has 8 heteroatoms. The Morgan fingerprint density at radius 3 is 2.22 bits per heavy atom. The van der Waals surface area contributed by atoms with Crippen LogP contribution >= 0.6 is 0 Å². The van der Waals surface area contributed by atoms with Crippen LogP contribution in [-0.2, 0) is 20.9 Å². The second-order valence-electron chi connectivity index (χ2n) is 11.3. The third-order valence-electron chi connectivity index (χ3n) is 8.74. The van der Waals surface area contributed by atoms with Crippen LogP contribution in [0, 0.1) is 0 Å². The Bertz CT molecular complexity index is 1400. The zero-order chi connectivity index (χ0) is 28.4. The first-order chi connectivity index (χ1) is 19.9. The third kappa shape index (κ3) is 5.32. The van der Waals surface area contributed by atoms with E-state index in [-0.39, 0.29) is 25.0 Å². The van der Waals surface area contributed by atoms with Gasteiger partial charge in [-0.25, -0.2) is 9.59 Å². The maximum absolute atomic E-state index is 14.1. The van der Waals surface area contributed by atoms with Gasteiger partial charge in [0.15, 0.2) is 0 Å². The number of carbonyl (C=O) groups is 3. The Morgan fingerprint density at radius 1 is 0.878 bits per heavy atom. The Morgan fingerprint density at radius 2 is 1.54 bits per heavy atom. The minimum atomic E-state index is -1.26. The van der Waals surface area contributed by atoms with E-state index in [1.807, 2.05) is 54.6 Å². The molecular formula is C33H35N3O5. The smallest absolute Gasteiger partial charge is 0.408 e. The number of ether oxygens (including phenoxy) is 1. The van der Waals surface area contributed by atoms with Crippen LogP contribution < -0.4 is 5.32 Å². The fourth-order valence-electron chi connectivity index (χ4n) is 6.73. The zero-order valence-electron chi connectivity index (χ0n) is 23.0. The largest absolute Gasteiger partial charge is 0.480 e. The van der Waals surface area contributed by atoms with Crippen molar-refractivity contribution in [1.82, 2.24) is 15.1 Å². The van der Waals surface area contributed by atoms with Gasteiger partial charge in [-0.15, -0.1) is 0 Å². The molecule has 2 aliphatic heterocycles. The second kappa shape index (κ2) is 11.4. The van der Waals surface area contributed by atoms with Gasteiger partial charge in [-0.05, 0) is 53.5 Å². The number of benzene rings is 3. The van der Waals surface area contributed by atoms with Gasteiger partial charge in [-0.2, -0.15) is 0 Å². The van der Waals surface area contributed by atoms with Crippen LogP contribution in [0.1, 0.15) is 48.3 Å². The number of hydrogen-bond acceptors (Lipinski definition) is 5. The summed E-state index contributed by atoms with van der Waals surface area (Å²) in [5.74, 6) is -1.45. The van der Waals surface area contributed by atoms with Gasteiger partial charge >= 0.3 is 12.1 Å². The van der Waals surface area contributed by atoms with Gasteiger partial charge in [0, 0.05) is 32.1 Å². The average Bonchev–Trinajstić information content (AvgIpc) is 3.55. The van der Waals surface area contributed by atoms with Crippen molar-refractivity contribution in [2.24, 2.45) is 0 Å². The van der Waals surface area contributed by atoms with Crippen molar-refractivity contribution in [3.8, 4) is 11.1 Å². The summed E-state index contributed by atoms with van der Waals surface area (Å²) in [7, 11) is 0. The summed E-state index contributed by atoms with van der Waals surface area (Å²) in [5, 5.41) is 12.8. The SMILES string of the molecule is O=C(NC1(C(=O)N2CCCCC2C(=O)O)CCN(Cc2ccccc2)C1)OCC1c2ccccc2-c2ccccc21. The van der Waals surface area contributed by atoms with Gasteiger partial charge in [-0.1, -0.05) is 78.9 Å². The van der Waals surface area contributed by atoms with Crippen LogP contribution in [0.5, 0.6) is 0 Å². The summed E-state index contributed by atoms with van der Waals surface area (Å²) in [4.78, 5) is 43.2. The summed E-state index contributed by atoms with van der Waals surface area (Å²) in [6, 6.07) is 25.4. The maximum atomic E-state index is 14.1. The molecule has 2 unspecified atom stereocenters. The predicted octanol–water partition coefficient (Wildman–Crippen LogP) is 4.64. The normalized spacial score (nSPS) is 22.1. The third-order valence-corrected chi connectivity index (χ3v) is 8.74. The average molecular weight is 554 g/mol. The van der Waals surface area contributed by atoms with Crippen LogP contribution in [0.3, 0.4) is 0 Å². The molecule has 0 bridgehead atoms. The number of hydrogen-bond donors (Lipinski definition) is 2. The topological polar surface area (TPSA) is 99.2 Å². The molecule has 0 radical (unpaired) electrons. The number of piperidine rings is 1. The van der Waals surface area contributed by atoms with Crippen molar-refractivity contribution < 1.29 is 24.2 Å². The minimum Gasteiger partial charge on any atom is -0.480 e. The summed E-state index contributed by atoms with van der Waals surface area (Å²) < 4.78 is 5.84. The molecule has 2 amide bonds. The lowest BCUT2D eigenvalue weighted by molar-refractivity contribution is -0.155. The number of carboxylic acid groups (broad SMARTS) is 1. The second-order valence-corrected chi connectivity index (χ2v) is 11.3. The highest BCUT2D eigenvalue weighted by molar-refractivity contribution is 5.93. The van der Waals surface area contributed by atoms with Crippen LogP contribution in [0.25, 0.3) is 11.1 Å². The Labute approximate surface area is 239 Å². The molecule has 3 aromatic carbocycles. The number of aliphatic carboxylic acids is 1. The zero-order valence-corrected chi connectivity index (χ0v) is 23.0. The summed E-state index contributed by atoms with van der Waals surface area (Å²) in [6.07, 6.45) is 1.63. The van der Waals surface area contributed by atoms with E-state index >= 15 is 0 Å². The molecule has 2 heterocycles. The molecule has 2 N–H and O–H groups in total. The molecule has 0 spiro atoms. The summed E-state index contributed by atoms with van der Waals surface area (Å²) in [6.45, 7) is 2.01. The van der Waals surface area contributed by atoms with Gasteiger partial charge in [-0.3, -0.25) is 9.69 Å². The molecule has 2 atom stereocenters. The van der Waals surface area contributed by atoms with Crippen LogP contribution in [0.15, 0.2) is 78.9 Å². The van der Waals surface area contributed by atoms with E-state index in [0.717, 1.165) is 40.7 Å². The van der Waals surface area contributed by atoms with E-state index in [4.69, 9.17) is 4.74 Å². The van der Waals surface area contributed by atoms with Crippen molar-refractivity contribution in [2.75, 3.05) is 26.2 Å². The molecule has 0 aromatic heterocycles. The molecule has 41 heavy (non-hydrogen) atoms. The molecule has 8 nitrogen and oxygen atoms in total. The van der Waals surface area contributed by atoms with Crippen LogP contribution in [0.4, 0.5) is 4.79 Å². The number of amides is 2. The number of fused-ring (bicyclic) bond motifs is 3. The van der Waals surface area contributed by atoms with E-state index in [9.17, 15) is 19.5 Å².